The second-order valence-electron chi connectivity index (χ2n) is 4.72. The summed E-state index contributed by atoms with van der Waals surface area (Å²) in [6, 6.07) is 12.7. The van der Waals surface area contributed by atoms with E-state index in [1.54, 1.807) is 6.07 Å². The van der Waals surface area contributed by atoms with Crippen LogP contribution in [0.1, 0.15) is 17.2 Å². The Labute approximate surface area is 125 Å². The Morgan fingerprint density at radius 2 is 2.10 bits per heavy atom. The van der Waals surface area contributed by atoms with Crippen molar-refractivity contribution >= 4 is 15.9 Å². The summed E-state index contributed by atoms with van der Waals surface area (Å²) in [5.74, 6) is 0.183. The predicted octanol–water partition coefficient (Wildman–Crippen LogP) is 4.28. The average molecular weight is 337 g/mol. The van der Waals surface area contributed by atoms with Gasteiger partial charge in [-0.3, -0.25) is 0 Å². The third-order valence-corrected chi connectivity index (χ3v) is 3.79. The third-order valence-electron chi connectivity index (χ3n) is 3.33. The summed E-state index contributed by atoms with van der Waals surface area (Å²) >= 11 is 3.25. The van der Waals surface area contributed by atoms with E-state index in [0.29, 0.717) is 23.4 Å². The van der Waals surface area contributed by atoms with Gasteiger partial charge in [-0.15, -0.1) is 0 Å². The van der Waals surface area contributed by atoms with Gasteiger partial charge in [0.25, 0.3) is 0 Å². The van der Waals surface area contributed by atoms with E-state index >= 15 is 0 Å². The molecule has 0 bridgehead atoms. The molecule has 0 aromatic heterocycles. The Morgan fingerprint density at radius 3 is 2.95 bits per heavy atom. The topological polar surface area (TPSA) is 18.5 Å². The zero-order valence-corrected chi connectivity index (χ0v) is 12.4. The number of hydrogen-bond donors (Lipinski definition) is 0. The number of halogens is 2. The summed E-state index contributed by atoms with van der Waals surface area (Å²) in [6.07, 6.45) is 0.833. The molecule has 104 valence electrons. The fraction of sp³-hybridized carbons (Fsp3) is 0.250. The van der Waals surface area contributed by atoms with E-state index in [2.05, 4.69) is 28.1 Å². The lowest BCUT2D eigenvalue weighted by Crippen LogP contribution is -2.21. The van der Waals surface area contributed by atoms with Crippen molar-refractivity contribution in [3.05, 3.63) is 63.9 Å². The molecule has 0 aliphatic carbocycles. The lowest BCUT2D eigenvalue weighted by Gasteiger charge is -2.26. The molecule has 2 aromatic carbocycles. The largest absolute Gasteiger partial charge is 0.490 e. The fourth-order valence-corrected chi connectivity index (χ4v) is 2.84. The van der Waals surface area contributed by atoms with Gasteiger partial charge in [0.1, 0.15) is 24.3 Å². The molecule has 0 N–H and O–H groups in total. The molecule has 1 heterocycles. The first-order valence-electron chi connectivity index (χ1n) is 6.51. The summed E-state index contributed by atoms with van der Waals surface area (Å²) in [5.41, 5.74) is 2.46. The molecule has 4 heteroatoms. The molecule has 0 spiro atoms. The van der Waals surface area contributed by atoms with Crippen molar-refractivity contribution in [3.63, 3.8) is 0 Å². The molecular formula is C16H14BrFO2. The molecule has 1 aliphatic rings. The Hall–Kier alpha value is -1.39. The number of benzene rings is 2. The Balaban J connectivity index is 1.73. The van der Waals surface area contributed by atoms with Crippen molar-refractivity contribution in [2.24, 2.45) is 0 Å². The van der Waals surface area contributed by atoms with Crippen LogP contribution in [0.25, 0.3) is 0 Å². The van der Waals surface area contributed by atoms with Gasteiger partial charge in [0.2, 0.25) is 0 Å². The van der Waals surface area contributed by atoms with Crippen LogP contribution >= 0.6 is 15.9 Å². The van der Waals surface area contributed by atoms with Gasteiger partial charge in [-0.25, -0.2) is 4.39 Å². The van der Waals surface area contributed by atoms with Gasteiger partial charge >= 0.3 is 0 Å². The monoisotopic (exact) mass is 336 g/mol. The highest BCUT2D eigenvalue weighted by atomic mass is 79.9. The second kappa shape index (κ2) is 5.94. The van der Waals surface area contributed by atoms with Crippen LogP contribution in [-0.4, -0.2) is 13.2 Å². The van der Waals surface area contributed by atoms with Crippen LogP contribution in [-0.2, 0) is 11.2 Å². The fourth-order valence-electron chi connectivity index (χ4n) is 2.40. The maximum Gasteiger partial charge on any atom is 0.128 e. The second-order valence-corrected chi connectivity index (χ2v) is 5.64. The molecule has 1 unspecified atom stereocenters. The van der Waals surface area contributed by atoms with Crippen LogP contribution in [0.2, 0.25) is 0 Å². The van der Waals surface area contributed by atoms with E-state index in [9.17, 15) is 4.39 Å². The van der Waals surface area contributed by atoms with Gasteiger partial charge < -0.3 is 9.47 Å². The van der Waals surface area contributed by atoms with Crippen LogP contribution in [0.4, 0.5) is 4.39 Å². The molecule has 0 amide bonds. The first-order valence-corrected chi connectivity index (χ1v) is 7.30. The zero-order valence-electron chi connectivity index (χ0n) is 10.8. The maximum absolute atomic E-state index is 13.3. The summed E-state index contributed by atoms with van der Waals surface area (Å²) in [7, 11) is 0. The normalized spacial score (nSPS) is 17.6. The molecular weight excluding hydrogens is 323 g/mol. The first kappa shape index (κ1) is 13.6. The van der Waals surface area contributed by atoms with Gasteiger partial charge in [-0.05, 0) is 29.7 Å². The summed E-state index contributed by atoms with van der Waals surface area (Å²) in [4.78, 5) is 0. The third kappa shape index (κ3) is 3.02. The van der Waals surface area contributed by atoms with E-state index in [1.807, 2.05) is 12.1 Å². The minimum absolute atomic E-state index is 0.0954. The molecule has 1 aliphatic heterocycles. The van der Waals surface area contributed by atoms with Gasteiger partial charge in [-0.1, -0.05) is 40.2 Å². The smallest absolute Gasteiger partial charge is 0.128 e. The minimum Gasteiger partial charge on any atom is -0.490 e. The molecule has 2 nitrogen and oxygen atoms in total. The summed E-state index contributed by atoms with van der Waals surface area (Å²) in [6.45, 7) is 1.07. The van der Waals surface area contributed by atoms with Gasteiger partial charge in [0, 0.05) is 10.5 Å². The standard InChI is InChI=1S/C16H14BrFO2/c17-12-7-13(18)9-14(8-12)20-10-16-15-4-2-1-3-11(15)5-6-19-16/h1-4,7-9,16H,5-6,10H2. The highest BCUT2D eigenvalue weighted by Crippen LogP contribution is 2.28. The van der Waals surface area contributed by atoms with Crippen LogP contribution in [0.15, 0.2) is 46.9 Å². The quantitative estimate of drug-likeness (QED) is 0.832. The lowest BCUT2D eigenvalue weighted by molar-refractivity contribution is 0.0101. The Kier molecular flexibility index (Phi) is 4.03. The highest BCUT2D eigenvalue weighted by Gasteiger charge is 2.21. The average Bonchev–Trinajstić information content (AvgIpc) is 2.44. The molecule has 0 saturated carbocycles. The van der Waals surface area contributed by atoms with E-state index in [0.717, 1.165) is 12.0 Å². The van der Waals surface area contributed by atoms with Crippen LogP contribution < -0.4 is 4.74 Å². The number of hydrogen-bond acceptors (Lipinski definition) is 2. The van der Waals surface area contributed by atoms with Crippen molar-refractivity contribution < 1.29 is 13.9 Å². The van der Waals surface area contributed by atoms with Crippen molar-refractivity contribution in [1.29, 1.82) is 0 Å². The predicted molar refractivity (Wildman–Crippen MR) is 78.4 cm³/mol. The first-order chi connectivity index (χ1) is 9.72. The lowest BCUT2D eigenvalue weighted by atomic mass is 9.98. The van der Waals surface area contributed by atoms with Gasteiger partial charge in [0.15, 0.2) is 0 Å². The van der Waals surface area contributed by atoms with Gasteiger partial charge in [-0.2, -0.15) is 0 Å². The molecule has 2 aromatic rings. The van der Waals surface area contributed by atoms with E-state index in [1.165, 1.54) is 17.7 Å². The van der Waals surface area contributed by atoms with E-state index in [-0.39, 0.29) is 11.9 Å². The van der Waals surface area contributed by atoms with E-state index < -0.39 is 0 Å². The Morgan fingerprint density at radius 1 is 1.25 bits per heavy atom. The van der Waals surface area contributed by atoms with E-state index in [4.69, 9.17) is 9.47 Å². The molecule has 1 atom stereocenters. The van der Waals surface area contributed by atoms with Crippen LogP contribution in [0.3, 0.4) is 0 Å². The number of fused-ring (bicyclic) bond motifs is 1. The SMILES string of the molecule is Fc1cc(Br)cc(OCC2OCCc3ccccc32)c1. The highest BCUT2D eigenvalue weighted by molar-refractivity contribution is 9.10. The van der Waals surface area contributed by atoms with Gasteiger partial charge in [0.05, 0.1) is 6.61 Å². The van der Waals surface area contributed by atoms with Crippen molar-refractivity contribution in [2.75, 3.05) is 13.2 Å². The van der Waals surface area contributed by atoms with Crippen molar-refractivity contribution in [1.82, 2.24) is 0 Å². The number of ether oxygens (including phenoxy) is 2. The minimum atomic E-state index is -0.320. The molecule has 20 heavy (non-hydrogen) atoms. The summed E-state index contributed by atoms with van der Waals surface area (Å²) in [5, 5.41) is 0. The van der Waals surface area contributed by atoms with Crippen molar-refractivity contribution in [2.45, 2.75) is 12.5 Å². The molecule has 0 radical (unpaired) electrons. The maximum atomic E-state index is 13.3. The molecule has 0 fully saturated rings. The zero-order chi connectivity index (χ0) is 13.9. The Bertz CT molecular complexity index is 595. The van der Waals surface area contributed by atoms with Crippen molar-refractivity contribution in [3.8, 4) is 5.75 Å². The van der Waals surface area contributed by atoms with Crippen LogP contribution in [0, 0.1) is 5.82 Å². The molecule has 3 rings (SSSR count). The molecule has 0 saturated heterocycles. The number of rotatable bonds is 3. The van der Waals surface area contributed by atoms with Crippen LogP contribution in [0.5, 0.6) is 5.75 Å². The summed E-state index contributed by atoms with van der Waals surface area (Å²) < 4.78 is 25.4.